The van der Waals surface area contributed by atoms with Gasteiger partial charge in [0.05, 0.1) is 29.1 Å². The molecular formula is C22H18BrN3O2S. The molecule has 3 aromatic heterocycles. The molecule has 1 aliphatic carbocycles. The van der Waals surface area contributed by atoms with Crippen molar-refractivity contribution in [1.82, 2.24) is 14.6 Å². The molecule has 0 saturated heterocycles. The predicted octanol–water partition coefficient (Wildman–Crippen LogP) is 5.28. The smallest absolute Gasteiger partial charge is 0.166 e. The van der Waals surface area contributed by atoms with E-state index < -0.39 is 0 Å². The Morgan fingerprint density at radius 1 is 1.24 bits per heavy atom. The van der Waals surface area contributed by atoms with Crippen LogP contribution >= 0.6 is 27.3 Å². The summed E-state index contributed by atoms with van der Waals surface area (Å²) >= 11 is 5.19. The summed E-state index contributed by atoms with van der Waals surface area (Å²) in [6.07, 6.45) is 3.13. The maximum absolute atomic E-state index is 12.9. The first kappa shape index (κ1) is 18.7. The number of methoxy groups -OCH3 is 1. The van der Waals surface area contributed by atoms with E-state index in [0.29, 0.717) is 18.6 Å². The molecule has 0 radical (unpaired) electrons. The van der Waals surface area contributed by atoms with Gasteiger partial charge in [0.2, 0.25) is 0 Å². The van der Waals surface area contributed by atoms with Crippen molar-refractivity contribution in [3.8, 4) is 11.1 Å². The van der Waals surface area contributed by atoms with Crippen molar-refractivity contribution in [2.75, 3.05) is 7.11 Å². The van der Waals surface area contributed by atoms with Gasteiger partial charge >= 0.3 is 0 Å². The van der Waals surface area contributed by atoms with Gasteiger partial charge in [-0.2, -0.15) is 5.10 Å². The number of aromatic nitrogens is 3. The number of nitrogens with zero attached hydrogens (tertiary/aromatic N) is 3. The van der Waals surface area contributed by atoms with E-state index in [4.69, 9.17) is 9.72 Å². The van der Waals surface area contributed by atoms with Gasteiger partial charge in [0, 0.05) is 35.0 Å². The Kier molecular flexibility index (Phi) is 4.81. The lowest BCUT2D eigenvalue weighted by atomic mass is 9.85. The summed E-state index contributed by atoms with van der Waals surface area (Å²) in [5, 5.41) is 6.74. The molecule has 1 unspecified atom stereocenters. The fraction of sp³-hybridized carbons (Fsp3) is 0.227. The van der Waals surface area contributed by atoms with E-state index in [9.17, 15) is 4.79 Å². The van der Waals surface area contributed by atoms with Crippen LogP contribution < -0.4 is 0 Å². The zero-order valence-electron chi connectivity index (χ0n) is 15.8. The summed E-state index contributed by atoms with van der Waals surface area (Å²) < 4.78 is 8.12. The number of rotatable bonds is 4. The van der Waals surface area contributed by atoms with E-state index in [1.165, 1.54) is 4.88 Å². The Morgan fingerprint density at radius 3 is 2.79 bits per heavy atom. The van der Waals surface area contributed by atoms with Gasteiger partial charge in [-0.1, -0.05) is 34.1 Å². The minimum atomic E-state index is 0.132. The van der Waals surface area contributed by atoms with Crippen molar-refractivity contribution in [3.05, 3.63) is 74.3 Å². The highest BCUT2D eigenvalue weighted by Gasteiger charge is 2.30. The van der Waals surface area contributed by atoms with E-state index in [1.807, 2.05) is 36.5 Å². The van der Waals surface area contributed by atoms with E-state index in [-0.39, 0.29) is 11.7 Å². The normalized spacial score (nSPS) is 16.3. The summed E-state index contributed by atoms with van der Waals surface area (Å²) in [4.78, 5) is 19.0. The second-order valence-corrected chi connectivity index (χ2v) is 9.07. The molecule has 1 aromatic carbocycles. The molecule has 3 heterocycles. The highest BCUT2D eigenvalue weighted by Crippen LogP contribution is 2.36. The number of fused-ring (bicyclic) bond motifs is 2. The molecule has 0 amide bonds. The highest BCUT2D eigenvalue weighted by molar-refractivity contribution is 9.10. The van der Waals surface area contributed by atoms with Gasteiger partial charge in [-0.05, 0) is 35.6 Å². The number of hydrogen-bond donors (Lipinski definition) is 0. The summed E-state index contributed by atoms with van der Waals surface area (Å²) in [7, 11) is 1.66. The van der Waals surface area contributed by atoms with Gasteiger partial charge in [0.1, 0.15) is 0 Å². The van der Waals surface area contributed by atoms with Gasteiger partial charge in [-0.15, -0.1) is 11.3 Å². The van der Waals surface area contributed by atoms with Crippen LogP contribution in [0.5, 0.6) is 0 Å². The molecule has 7 heteroatoms. The molecule has 5 rings (SSSR count). The van der Waals surface area contributed by atoms with Gasteiger partial charge in [0.15, 0.2) is 11.4 Å². The van der Waals surface area contributed by atoms with Crippen molar-refractivity contribution < 1.29 is 9.53 Å². The molecular weight excluding hydrogens is 450 g/mol. The Labute approximate surface area is 180 Å². The van der Waals surface area contributed by atoms with Crippen LogP contribution in [0.1, 0.15) is 39.0 Å². The molecule has 0 saturated carbocycles. The molecule has 29 heavy (non-hydrogen) atoms. The van der Waals surface area contributed by atoms with Crippen LogP contribution in [0, 0.1) is 0 Å². The molecule has 0 fully saturated rings. The molecule has 0 bridgehead atoms. The third-order valence-corrected chi connectivity index (χ3v) is 6.86. The van der Waals surface area contributed by atoms with Crippen LogP contribution in [0.2, 0.25) is 0 Å². The number of ether oxygens (including phenoxy) is 1. The molecule has 5 nitrogen and oxygen atoms in total. The first-order chi connectivity index (χ1) is 14.1. The first-order valence-electron chi connectivity index (χ1n) is 9.36. The minimum Gasteiger partial charge on any atom is -0.378 e. The van der Waals surface area contributed by atoms with Gasteiger partial charge in [0.25, 0.3) is 0 Å². The molecule has 1 atom stereocenters. The Morgan fingerprint density at radius 2 is 2.07 bits per heavy atom. The van der Waals surface area contributed by atoms with Gasteiger partial charge in [-0.3, -0.25) is 4.79 Å². The number of Topliss-reactive ketones (excluding diaryl/α,β-unsaturated/α-hetero) is 1. The number of carbonyl (C=O) groups is 1. The standard InChI is InChI=1S/C22H18BrN3O2S/c1-28-12-18-21(13-4-6-15(23)7-5-13)22-24-17-9-14(20-3-2-8-29-20)10-19(27)16(17)11-26(22)25-18/h2-8,11,14H,9-10,12H2,1H3. The number of carbonyl (C=O) groups excluding carboxylic acids is 1. The number of benzene rings is 1. The third kappa shape index (κ3) is 3.33. The number of thiophene rings is 1. The fourth-order valence-electron chi connectivity index (χ4n) is 3.96. The SMILES string of the molecule is COCc1nn2cc3c(nc2c1-c1ccc(Br)cc1)CC(c1cccs1)CC3=O. The average Bonchev–Trinajstić information content (AvgIpc) is 3.36. The van der Waals surface area contributed by atoms with Crippen LogP contribution in [0.3, 0.4) is 0 Å². The molecule has 1 aliphatic rings. The zero-order chi connectivity index (χ0) is 20.0. The quantitative estimate of drug-likeness (QED) is 0.409. The van der Waals surface area contributed by atoms with Crippen LogP contribution in [-0.2, 0) is 17.8 Å². The number of hydrogen-bond acceptors (Lipinski definition) is 5. The molecule has 0 spiro atoms. The molecule has 146 valence electrons. The average molecular weight is 468 g/mol. The predicted molar refractivity (Wildman–Crippen MR) is 117 cm³/mol. The Hall–Kier alpha value is -2.35. The first-order valence-corrected chi connectivity index (χ1v) is 11.0. The Balaban J connectivity index is 1.67. The summed E-state index contributed by atoms with van der Waals surface area (Å²) in [6.45, 7) is 0.380. The second-order valence-electron chi connectivity index (χ2n) is 7.17. The van der Waals surface area contributed by atoms with Crippen LogP contribution in [0.25, 0.3) is 16.8 Å². The van der Waals surface area contributed by atoms with Crippen molar-refractivity contribution in [1.29, 1.82) is 0 Å². The van der Waals surface area contributed by atoms with Crippen LogP contribution in [0.15, 0.2) is 52.4 Å². The van der Waals surface area contributed by atoms with Crippen LogP contribution in [-0.4, -0.2) is 27.5 Å². The minimum absolute atomic E-state index is 0.132. The van der Waals surface area contributed by atoms with E-state index in [1.54, 1.807) is 23.0 Å². The van der Waals surface area contributed by atoms with Crippen molar-refractivity contribution in [2.24, 2.45) is 0 Å². The van der Waals surface area contributed by atoms with Gasteiger partial charge in [-0.25, -0.2) is 9.50 Å². The topological polar surface area (TPSA) is 56.5 Å². The molecule has 0 aliphatic heterocycles. The summed E-state index contributed by atoms with van der Waals surface area (Å²) in [5.41, 5.74) is 5.09. The lowest BCUT2D eigenvalue weighted by Gasteiger charge is -2.22. The summed E-state index contributed by atoms with van der Waals surface area (Å²) in [6, 6.07) is 12.2. The number of halogens is 1. The van der Waals surface area contributed by atoms with Crippen molar-refractivity contribution in [3.63, 3.8) is 0 Å². The maximum atomic E-state index is 12.9. The monoisotopic (exact) mass is 467 g/mol. The highest BCUT2D eigenvalue weighted by atomic mass is 79.9. The van der Waals surface area contributed by atoms with Crippen LogP contribution in [0.4, 0.5) is 0 Å². The van der Waals surface area contributed by atoms with E-state index in [2.05, 4.69) is 32.5 Å². The Bertz CT molecular complexity index is 1200. The molecule has 0 N–H and O–H groups in total. The number of ketones is 1. The molecule has 4 aromatic rings. The lowest BCUT2D eigenvalue weighted by molar-refractivity contribution is 0.0963. The largest absolute Gasteiger partial charge is 0.378 e. The second kappa shape index (κ2) is 7.48. The van der Waals surface area contributed by atoms with Crippen molar-refractivity contribution >= 4 is 38.7 Å². The lowest BCUT2D eigenvalue weighted by Crippen LogP contribution is -2.20. The van der Waals surface area contributed by atoms with E-state index in [0.717, 1.165) is 39.1 Å². The van der Waals surface area contributed by atoms with Crippen molar-refractivity contribution in [2.45, 2.75) is 25.4 Å². The summed E-state index contributed by atoms with van der Waals surface area (Å²) in [5.74, 6) is 0.329. The maximum Gasteiger partial charge on any atom is 0.166 e. The zero-order valence-corrected chi connectivity index (χ0v) is 18.2. The van der Waals surface area contributed by atoms with Gasteiger partial charge < -0.3 is 4.74 Å². The third-order valence-electron chi connectivity index (χ3n) is 5.29. The fourth-order valence-corrected chi connectivity index (χ4v) is 5.05. The van der Waals surface area contributed by atoms with E-state index >= 15 is 0 Å².